The number of carbonyl (C=O) groups excluding carboxylic acids is 1. The second-order valence-corrected chi connectivity index (χ2v) is 4.84. The number of carbonyl (C=O) groups is 1. The van der Waals surface area contributed by atoms with E-state index in [4.69, 9.17) is 0 Å². The fraction of sp³-hybridized carbons (Fsp3) is 0.429. The molecule has 1 saturated carbocycles. The highest BCUT2D eigenvalue weighted by atomic mass is 16.2. The molecule has 1 amide bonds. The molecule has 4 heteroatoms. The SMILES string of the molecule is CCc1ccccc1C1N=C(NC2CC2)NC1=O. The fourth-order valence-corrected chi connectivity index (χ4v) is 2.23. The van der Waals surface area contributed by atoms with Crippen molar-refractivity contribution in [2.75, 3.05) is 0 Å². The van der Waals surface area contributed by atoms with E-state index in [9.17, 15) is 4.79 Å². The monoisotopic (exact) mass is 243 g/mol. The Morgan fingerprint density at radius 2 is 2.17 bits per heavy atom. The first-order chi connectivity index (χ1) is 8.78. The molecule has 2 N–H and O–H groups in total. The summed E-state index contributed by atoms with van der Waals surface area (Å²) in [7, 11) is 0. The average Bonchev–Trinajstić information content (AvgIpc) is 3.12. The Kier molecular flexibility index (Phi) is 2.78. The zero-order chi connectivity index (χ0) is 12.5. The van der Waals surface area contributed by atoms with Crippen LogP contribution in [0.25, 0.3) is 0 Å². The normalized spacial score (nSPS) is 22.6. The lowest BCUT2D eigenvalue weighted by Crippen LogP contribution is -2.37. The Bertz CT molecular complexity index is 506. The van der Waals surface area contributed by atoms with E-state index in [1.165, 1.54) is 18.4 Å². The highest BCUT2D eigenvalue weighted by Gasteiger charge is 2.32. The topological polar surface area (TPSA) is 53.5 Å². The number of hydrogen-bond acceptors (Lipinski definition) is 3. The summed E-state index contributed by atoms with van der Waals surface area (Å²) in [6.45, 7) is 2.10. The largest absolute Gasteiger partial charge is 0.353 e. The molecular weight excluding hydrogens is 226 g/mol. The summed E-state index contributed by atoms with van der Waals surface area (Å²) in [5, 5.41) is 6.06. The summed E-state index contributed by atoms with van der Waals surface area (Å²) < 4.78 is 0. The van der Waals surface area contributed by atoms with Crippen LogP contribution in [0.5, 0.6) is 0 Å². The number of benzene rings is 1. The summed E-state index contributed by atoms with van der Waals surface area (Å²) in [5.74, 6) is 0.609. The molecule has 1 aliphatic carbocycles. The molecule has 18 heavy (non-hydrogen) atoms. The van der Waals surface area contributed by atoms with Gasteiger partial charge >= 0.3 is 0 Å². The minimum atomic E-state index is -0.387. The Morgan fingerprint density at radius 3 is 2.89 bits per heavy atom. The zero-order valence-corrected chi connectivity index (χ0v) is 10.4. The molecule has 1 unspecified atom stereocenters. The van der Waals surface area contributed by atoms with Crippen molar-refractivity contribution < 1.29 is 4.79 Å². The van der Waals surface area contributed by atoms with Gasteiger partial charge in [0.05, 0.1) is 0 Å². The molecule has 1 fully saturated rings. The molecular formula is C14H17N3O. The third kappa shape index (κ3) is 2.10. The molecule has 0 spiro atoms. The van der Waals surface area contributed by atoms with Crippen LogP contribution in [0.1, 0.15) is 36.9 Å². The number of aliphatic imine (C=N–C) groups is 1. The van der Waals surface area contributed by atoms with Gasteiger partial charge in [-0.1, -0.05) is 31.2 Å². The molecule has 1 heterocycles. The smallest absolute Gasteiger partial charge is 0.256 e. The quantitative estimate of drug-likeness (QED) is 0.846. The van der Waals surface area contributed by atoms with Crippen LogP contribution >= 0.6 is 0 Å². The number of rotatable bonds is 3. The summed E-state index contributed by atoms with van der Waals surface area (Å²) >= 11 is 0. The fourth-order valence-electron chi connectivity index (χ4n) is 2.23. The number of amides is 1. The molecule has 94 valence electrons. The molecule has 0 bridgehead atoms. The molecule has 0 saturated heterocycles. The Balaban J connectivity index is 1.86. The predicted octanol–water partition coefficient (Wildman–Crippen LogP) is 1.53. The van der Waals surface area contributed by atoms with E-state index in [-0.39, 0.29) is 11.9 Å². The van der Waals surface area contributed by atoms with Crippen LogP contribution in [-0.4, -0.2) is 17.9 Å². The third-order valence-electron chi connectivity index (χ3n) is 3.40. The summed E-state index contributed by atoms with van der Waals surface area (Å²) in [6, 6.07) is 8.13. The molecule has 1 atom stereocenters. The van der Waals surface area contributed by atoms with Gasteiger partial charge in [-0.3, -0.25) is 10.1 Å². The first-order valence-corrected chi connectivity index (χ1v) is 6.51. The van der Waals surface area contributed by atoms with Crippen LogP contribution in [0.2, 0.25) is 0 Å². The van der Waals surface area contributed by atoms with Crippen molar-refractivity contribution in [3.05, 3.63) is 35.4 Å². The van der Waals surface area contributed by atoms with Gasteiger partial charge in [-0.05, 0) is 30.4 Å². The summed E-state index contributed by atoms with van der Waals surface area (Å²) in [4.78, 5) is 16.5. The minimum Gasteiger partial charge on any atom is -0.353 e. The van der Waals surface area contributed by atoms with Crippen molar-refractivity contribution in [2.24, 2.45) is 4.99 Å². The lowest BCUT2D eigenvalue weighted by molar-refractivity contribution is -0.120. The molecule has 0 radical (unpaired) electrons. The van der Waals surface area contributed by atoms with E-state index >= 15 is 0 Å². The number of aryl methyl sites for hydroxylation is 1. The van der Waals surface area contributed by atoms with E-state index in [1.807, 2.05) is 18.2 Å². The van der Waals surface area contributed by atoms with Crippen LogP contribution < -0.4 is 10.6 Å². The summed E-state index contributed by atoms with van der Waals surface area (Å²) in [6.07, 6.45) is 3.26. The highest BCUT2D eigenvalue weighted by molar-refractivity contribution is 6.05. The van der Waals surface area contributed by atoms with Crippen LogP contribution in [0.4, 0.5) is 0 Å². The molecule has 1 aromatic rings. The Morgan fingerprint density at radius 1 is 1.39 bits per heavy atom. The van der Waals surface area contributed by atoms with Crippen molar-refractivity contribution in [1.82, 2.24) is 10.6 Å². The van der Waals surface area contributed by atoms with E-state index in [2.05, 4.69) is 28.6 Å². The van der Waals surface area contributed by atoms with Gasteiger partial charge in [0.15, 0.2) is 12.0 Å². The number of guanidine groups is 1. The van der Waals surface area contributed by atoms with Crippen molar-refractivity contribution in [3.63, 3.8) is 0 Å². The van der Waals surface area contributed by atoms with Crippen LogP contribution in [0.15, 0.2) is 29.3 Å². The van der Waals surface area contributed by atoms with Gasteiger partial charge in [-0.25, -0.2) is 4.99 Å². The molecule has 4 nitrogen and oxygen atoms in total. The molecule has 2 aliphatic rings. The van der Waals surface area contributed by atoms with Gasteiger partial charge < -0.3 is 5.32 Å². The van der Waals surface area contributed by atoms with E-state index in [0.29, 0.717) is 12.0 Å². The van der Waals surface area contributed by atoms with E-state index < -0.39 is 0 Å². The van der Waals surface area contributed by atoms with Gasteiger partial charge in [0.25, 0.3) is 5.91 Å². The Hall–Kier alpha value is -1.84. The maximum Gasteiger partial charge on any atom is 0.256 e. The van der Waals surface area contributed by atoms with Crippen molar-refractivity contribution >= 4 is 11.9 Å². The van der Waals surface area contributed by atoms with E-state index in [0.717, 1.165) is 12.0 Å². The lowest BCUT2D eigenvalue weighted by Gasteiger charge is -2.09. The minimum absolute atomic E-state index is 0.0287. The standard InChI is InChI=1S/C14H17N3O/c1-2-9-5-3-4-6-11(9)12-13(18)17-14(16-12)15-10-7-8-10/h3-6,10,12H,2,7-8H2,1H3,(H2,15,16,17,18). The van der Waals surface area contributed by atoms with Gasteiger partial charge in [-0.15, -0.1) is 0 Å². The average molecular weight is 243 g/mol. The van der Waals surface area contributed by atoms with Crippen molar-refractivity contribution in [1.29, 1.82) is 0 Å². The van der Waals surface area contributed by atoms with Gasteiger partial charge in [0.2, 0.25) is 0 Å². The molecule has 0 aromatic heterocycles. The van der Waals surface area contributed by atoms with Crippen LogP contribution in [-0.2, 0) is 11.2 Å². The van der Waals surface area contributed by atoms with Crippen LogP contribution in [0, 0.1) is 0 Å². The number of nitrogens with zero attached hydrogens (tertiary/aromatic N) is 1. The summed E-state index contributed by atoms with van der Waals surface area (Å²) in [5.41, 5.74) is 2.21. The van der Waals surface area contributed by atoms with Gasteiger partial charge in [0.1, 0.15) is 0 Å². The number of nitrogens with one attached hydrogen (secondary N) is 2. The first-order valence-electron chi connectivity index (χ1n) is 6.51. The molecule has 3 rings (SSSR count). The predicted molar refractivity (Wildman–Crippen MR) is 70.3 cm³/mol. The second-order valence-electron chi connectivity index (χ2n) is 4.84. The maximum atomic E-state index is 12.0. The highest BCUT2D eigenvalue weighted by Crippen LogP contribution is 2.26. The van der Waals surface area contributed by atoms with Gasteiger partial charge in [0, 0.05) is 6.04 Å². The second kappa shape index (κ2) is 4.44. The molecule has 1 aromatic carbocycles. The maximum absolute atomic E-state index is 12.0. The lowest BCUT2D eigenvalue weighted by atomic mass is 9.99. The third-order valence-corrected chi connectivity index (χ3v) is 3.40. The van der Waals surface area contributed by atoms with Gasteiger partial charge in [-0.2, -0.15) is 0 Å². The van der Waals surface area contributed by atoms with Crippen LogP contribution in [0.3, 0.4) is 0 Å². The zero-order valence-electron chi connectivity index (χ0n) is 10.4. The van der Waals surface area contributed by atoms with Crippen molar-refractivity contribution in [2.45, 2.75) is 38.3 Å². The van der Waals surface area contributed by atoms with E-state index in [1.54, 1.807) is 0 Å². The molecule has 1 aliphatic heterocycles. The Labute approximate surface area is 106 Å². The first kappa shape index (κ1) is 11.3. The van der Waals surface area contributed by atoms with Crippen molar-refractivity contribution in [3.8, 4) is 0 Å². The number of hydrogen-bond donors (Lipinski definition) is 2.